The Morgan fingerprint density at radius 1 is 1.05 bits per heavy atom. The monoisotopic (exact) mass is 503 g/mol. The zero-order valence-electron chi connectivity index (χ0n) is 21.5. The van der Waals surface area contributed by atoms with E-state index in [1.165, 1.54) is 4.90 Å². The number of fused-ring (bicyclic) bond motifs is 1. The average Bonchev–Trinajstić information content (AvgIpc) is 3.56. The van der Waals surface area contributed by atoms with Crippen molar-refractivity contribution in [3.8, 4) is 17.2 Å². The van der Waals surface area contributed by atoms with Crippen LogP contribution < -0.4 is 19.1 Å². The van der Waals surface area contributed by atoms with E-state index in [1.54, 1.807) is 55.5 Å². The fourth-order valence-electron chi connectivity index (χ4n) is 4.70. The summed E-state index contributed by atoms with van der Waals surface area (Å²) in [4.78, 5) is 28.2. The zero-order valence-corrected chi connectivity index (χ0v) is 21.5. The molecule has 8 heteroatoms. The topological polar surface area (TPSA) is 98.4 Å². The number of carbonyl (C=O) groups excluding carboxylic acids is 2. The summed E-state index contributed by atoms with van der Waals surface area (Å²) >= 11 is 0. The lowest BCUT2D eigenvalue weighted by molar-refractivity contribution is -0.132. The van der Waals surface area contributed by atoms with Crippen LogP contribution in [0.25, 0.3) is 5.76 Å². The number of ketones is 1. The minimum Gasteiger partial charge on any atom is -0.507 e. The molecular formula is C29H29NO7. The van der Waals surface area contributed by atoms with Crippen LogP contribution >= 0.6 is 0 Å². The molecular weight excluding hydrogens is 474 g/mol. The quantitative estimate of drug-likeness (QED) is 0.273. The van der Waals surface area contributed by atoms with Crippen molar-refractivity contribution in [2.24, 2.45) is 0 Å². The molecule has 2 aliphatic heterocycles. The maximum absolute atomic E-state index is 13.4. The lowest BCUT2D eigenvalue weighted by atomic mass is 9.84. The van der Waals surface area contributed by atoms with Gasteiger partial charge in [0.25, 0.3) is 11.7 Å². The van der Waals surface area contributed by atoms with Gasteiger partial charge < -0.3 is 23.7 Å². The van der Waals surface area contributed by atoms with Crippen molar-refractivity contribution in [2.75, 3.05) is 18.3 Å². The average molecular weight is 504 g/mol. The molecule has 1 N–H and O–H groups in total. The first-order valence-electron chi connectivity index (χ1n) is 12.1. The van der Waals surface area contributed by atoms with E-state index < -0.39 is 17.7 Å². The SMILES string of the molecule is CCOc1ccc(/C(O)=C2/C(=O)C(=O)N(c3ccc4c(c3)OCO4)C2c2ccc(C)o2)cc1C(C)(C)C. The molecule has 1 atom stereocenters. The van der Waals surface area contributed by atoms with E-state index >= 15 is 0 Å². The maximum Gasteiger partial charge on any atom is 0.300 e. The second-order valence-corrected chi connectivity index (χ2v) is 10.0. The summed E-state index contributed by atoms with van der Waals surface area (Å²) in [6, 6.07) is 12.8. The Labute approximate surface area is 215 Å². The largest absolute Gasteiger partial charge is 0.507 e. The number of amides is 1. The summed E-state index contributed by atoms with van der Waals surface area (Å²) in [7, 11) is 0. The second-order valence-electron chi connectivity index (χ2n) is 10.0. The van der Waals surface area contributed by atoms with Crippen LogP contribution in [0.1, 0.15) is 56.4 Å². The van der Waals surface area contributed by atoms with Crippen molar-refractivity contribution in [1.82, 2.24) is 0 Å². The van der Waals surface area contributed by atoms with Crippen LogP contribution in [-0.4, -0.2) is 30.2 Å². The number of Topliss-reactive ketones (excluding diaryl/α,β-unsaturated/α-hetero) is 1. The van der Waals surface area contributed by atoms with Gasteiger partial charge in [0.2, 0.25) is 6.79 Å². The Balaban J connectivity index is 1.69. The van der Waals surface area contributed by atoms with Crippen LogP contribution in [-0.2, 0) is 15.0 Å². The van der Waals surface area contributed by atoms with Crippen LogP contribution in [0.15, 0.2) is 58.5 Å². The number of anilines is 1. The van der Waals surface area contributed by atoms with E-state index in [1.807, 2.05) is 27.7 Å². The first-order valence-corrected chi connectivity index (χ1v) is 12.1. The molecule has 37 heavy (non-hydrogen) atoms. The number of nitrogens with zero attached hydrogens (tertiary/aromatic N) is 1. The van der Waals surface area contributed by atoms with Crippen LogP contribution in [0, 0.1) is 6.92 Å². The number of hydrogen-bond donors (Lipinski definition) is 1. The number of ether oxygens (including phenoxy) is 3. The molecule has 2 aromatic carbocycles. The Morgan fingerprint density at radius 3 is 2.49 bits per heavy atom. The highest BCUT2D eigenvalue weighted by atomic mass is 16.7. The van der Waals surface area contributed by atoms with Gasteiger partial charge in [0.15, 0.2) is 11.5 Å². The van der Waals surface area contributed by atoms with E-state index in [0.717, 1.165) is 5.56 Å². The maximum atomic E-state index is 13.4. The Morgan fingerprint density at radius 2 is 1.81 bits per heavy atom. The van der Waals surface area contributed by atoms with Gasteiger partial charge in [0.05, 0.1) is 12.2 Å². The number of aliphatic hydroxyl groups is 1. The number of aryl methyl sites for hydroxylation is 1. The third kappa shape index (κ3) is 4.22. The molecule has 0 radical (unpaired) electrons. The fraction of sp³-hybridized carbons (Fsp3) is 0.310. The third-order valence-electron chi connectivity index (χ3n) is 6.47. The minimum absolute atomic E-state index is 0.0546. The molecule has 1 saturated heterocycles. The van der Waals surface area contributed by atoms with E-state index in [-0.39, 0.29) is 23.5 Å². The highest BCUT2D eigenvalue weighted by Gasteiger charge is 2.48. The molecule has 5 rings (SSSR count). The van der Waals surface area contributed by atoms with Gasteiger partial charge in [-0.25, -0.2) is 0 Å². The van der Waals surface area contributed by atoms with Crippen molar-refractivity contribution in [3.05, 3.63) is 76.8 Å². The Kier molecular flexibility index (Phi) is 5.98. The Hall–Kier alpha value is -4.20. The van der Waals surface area contributed by atoms with Crippen molar-refractivity contribution in [3.63, 3.8) is 0 Å². The highest BCUT2D eigenvalue weighted by molar-refractivity contribution is 6.51. The molecule has 0 saturated carbocycles. The first-order chi connectivity index (χ1) is 17.6. The van der Waals surface area contributed by atoms with Gasteiger partial charge in [-0.05, 0) is 61.7 Å². The summed E-state index contributed by atoms with van der Waals surface area (Å²) < 4.78 is 22.6. The molecule has 8 nitrogen and oxygen atoms in total. The van der Waals surface area contributed by atoms with Gasteiger partial charge in [-0.2, -0.15) is 0 Å². The molecule has 1 amide bonds. The molecule has 0 bridgehead atoms. The minimum atomic E-state index is -0.973. The molecule has 2 aliphatic rings. The van der Waals surface area contributed by atoms with Gasteiger partial charge >= 0.3 is 0 Å². The van der Waals surface area contributed by atoms with E-state index in [2.05, 4.69) is 0 Å². The lowest BCUT2D eigenvalue weighted by Crippen LogP contribution is -2.29. The summed E-state index contributed by atoms with van der Waals surface area (Å²) in [5.41, 5.74) is 1.35. The number of furan rings is 1. The van der Waals surface area contributed by atoms with E-state index in [0.29, 0.717) is 46.6 Å². The summed E-state index contributed by atoms with van der Waals surface area (Å²) in [6.45, 7) is 10.4. The van der Waals surface area contributed by atoms with Gasteiger partial charge in [-0.15, -0.1) is 0 Å². The van der Waals surface area contributed by atoms with Gasteiger partial charge in [0, 0.05) is 22.9 Å². The van der Waals surface area contributed by atoms with Crippen molar-refractivity contribution in [2.45, 2.75) is 46.1 Å². The number of carbonyl (C=O) groups is 2. The van der Waals surface area contributed by atoms with Crippen molar-refractivity contribution in [1.29, 1.82) is 0 Å². The molecule has 192 valence electrons. The van der Waals surface area contributed by atoms with Crippen LogP contribution in [0.2, 0.25) is 0 Å². The number of benzene rings is 2. The smallest absolute Gasteiger partial charge is 0.300 e. The lowest BCUT2D eigenvalue weighted by Gasteiger charge is -2.25. The molecule has 3 aromatic rings. The summed E-state index contributed by atoms with van der Waals surface area (Å²) in [5.74, 6) is 0.826. The van der Waals surface area contributed by atoms with Gasteiger partial charge in [-0.3, -0.25) is 14.5 Å². The van der Waals surface area contributed by atoms with Crippen molar-refractivity contribution >= 4 is 23.1 Å². The second kappa shape index (κ2) is 9.03. The third-order valence-corrected chi connectivity index (χ3v) is 6.47. The van der Waals surface area contributed by atoms with Gasteiger partial charge in [0.1, 0.15) is 29.1 Å². The summed E-state index contributed by atoms with van der Waals surface area (Å²) in [6.07, 6.45) is 0. The number of rotatable bonds is 5. The van der Waals surface area contributed by atoms with E-state index in [9.17, 15) is 14.7 Å². The fourth-order valence-corrected chi connectivity index (χ4v) is 4.70. The van der Waals surface area contributed by atoms with Crippen molar-refractivity contribution < 1.29 is 33.3 Å². The molecule has 3 heterocycles. The highest BCUT2D eigenvalue weighted by Crippen LogP contribution is 2.45. The molecule has 1 fully saturated rings. The summed E-state index contributed by atoms with van der Waals surface area (Å²) in [5, 5.41) is 11.5. The zero-order chi connectivity index (χ0) is 26.5. The van der Waals surface area contributed by atoms with Gasteiger partial charge in [-0.1, -0.05) is 20.8 Å². The van der Waals surface area contributed by atoms with E-state index in [4.69, 9.17) is 18.6 Å². The predicted octanol–water partition coefficient (Wildman–Crippen LogP) is 5.64. The molecule has 0 spiro atoms. The number of hydrogen-bond acceptors (Lipinski definition) is 7. The van der Waals surface area contributed by atoms with Crippen LogP contribution in [0.5, 0.6) is 17.2 Å². The predicted molar refractivity (Wildman–Crippen MR) is 137 cm³/mol. The number of aliphatic hydroxyl groups excluding tert-OH is 1. The van der Waals surface area contributed by atoms with Crippen LogP contribution in [0.3, 0.4) is 0 Å². The van der Waals surface area contributed by atoms with Crippen LogP contribution in [0.4, 0.5) is 5.69 Å². The molecule has 1 aromatic heterocycles. The standard InChI is InChI=1S/C29H29NO7/c1-6-34-20-11-8-17(13-19(20)29(3,4)5)26(31)24-25(22-10-7-16(2)37-22)30(28(33)27(24)32)18-9-12-21-23(14-18)36-15-35-21/h7-14,25,31H,6,15H2,1-5H3/b26-24-. The molecule has 1 unspecified atom stereocenters. The molecule has 0 aliphatic carbocycles. The first kappa shape index (κ1) is 24.5. The Bertz CT molecular complexity index is 1430. The normalized spacial score (nSPS) is 18.5.